The molecule has 5 heteroatoms. The van der Waals surface area contributed by atoms with Crippen molar-refractivity contribution in [3.05, 3.63) is 124 Å². The van der Waals surface area contributed by atoms with Crippen LogP contribution in [0.1, 0.15) is 47.8 Å². The smallest absolute Gasteiger partial charge is 0.196 e. The summed E-state index contributed by atoms with van der Waals surface area (Å²) >= 11 is 0. The van der Waals surface area contributed by atoms with Crippen LogP contribution in [0.5, 0.6) is 0 Å². The van der Waals surface area contributed by atoms with E-state index in [0.29, 0.717) is 39.2 Å². The standard InChI is InChI=1S/C31H18N2O3/c32-23-12-4-10-21-27(23)30(35)22-11-5-13-25(28(22)31(21)36)33-24-15-14-17-16-6-1-2-7-18(16)29(34)20-9-3-8-19(24)26(17)20/h1-15,33H,32H2. The first-order chi connectivity index (χ1) is 17.5. The highest BCUT2D eigenvalue weighted by atomic mass is 16.1. The van der Waals surface area contributed by atoms with Gasteiger partial charge in [0.2, 0.25) is 0 Å². The Bertz CT molecular complexity index is 1830. The van der Waals surface area contributed by atoms with Crippen LogP contribution >= 0.6 is 0 Å². The van der Waals surface area contributed by atoms with Crippen LogP contribution in [0.3, 0.4) is 0 Å². The number of carbonyl (C=O) groups is 3. The van der Waals surface area contributed by atoms with Crippen LogP contribution in [-0.4, -0.2) is 17.3 Å². The number of hydrogen-bond donors (Lipinski definition) is 2. The summed E-state index contributed by atoms with van der Waals surface area (Å²) in [5, 5.41) is 5.13. The van der Waals surface area contributed by atoms with E-state index in [2.05, 4.69) is 5.32 Å². The largest absolute Gasteiger partial charge is 0.398 e. The second kappa shape index (κ2) is 7.23. The van der Waals surface area contributed by atoms with Gasteiger partial charge in [-0.15, -0.1) is 0 Å². The quantitative estimate of drug-likeness (QED) is 0.298. The van der Waals surface area contributed by atoms with Crippen LogP contribution in [0.2, 0.25) is 0 Å². The third-order valence-corrected chi connectivity index (χ3v) is 7.12. The Morgan fingerprint density at radius 1 is 0.472 bits per heavy atom. The summed E-state index contributed by atoms with van der Waals surface area (Å²) in [7, 11) is 0. The maximum absolute atomic E-state index is 13.5. The molecule has 0 heterocycles. The van der Waals surface area contributed by atoms with Gasteiger partial charge < -0.3 is 11.1 Å². The number of hydrogen-bond acceptors (Lipinski definition) is 5. The summed E-state index contributed by atoms with van der Waals surface area (Å²) in [5.74, 6) is -0.518. The lowest BCUT2D eigenvalue weighted by molar-refractivity contribution is 0.0980. The lowest BCUT2D eigenvalue weighted by Gasteiger charge is -2.24. The maximum atomic E-state index is 13.5. The molecule has 0 spiro atoms. The van der Waals surface area contributed by atoms with E-state index in [1.165, 1.54) is 0 Å². The molecule has 0 aliphatic heterocycles. The van der Waals surface area contributed by atoms with Gasteiger partial charge in [-0.1, -0.05) is 72.8 Å². The average Bonchev–Trinajstić information content (AvgIpc) is 2.91. The van der Waals surface area contributed by atoms with Crippen molar-refractivity contribution >= 4 is 45.2 Å². The number of rotatable bonds is 2. The number of carbonyl (C=O) groups excluding carboxylic acids is 3. The Hall–Kier alpha value is -5.03. The molecule has 0 unspecified atom stereocenters. The van der Waals surface area contributed by atoms with Crippen molar-refractivity contribution in [2.75, 3.05) is 11.1 Å². The molecule has 0 bridgehead atoms. The van der Waals surface area contributed by atoms with Gasteiger partial charge in [0.25, 0.3) is 0 Å². The molecule has 2 aliphatic carbocycles. The number of nitrogens with one attached hydrogen (secondary N) is 1. The lowest BCUT2D eigenvalue weighted by atomic mass is 9.81. The summed E-state index contributed by atoms with van der Waals surface area (Å²) in [6, 6.07) is 27.4. The fraction of sp³-hybridized carbons (Fsp3) is 0. The van der Waals surface area contributed by atoms with Crippen LogP contribution in [-0.2, 0) is 0 Å². The monoisotopic (exact) mass is 466 g/mol. The normalized spacial score (nSPS) is 13.3. The Morgan fingerprint density at radius 2 is 1.11 bits per heavy atom. The molecule has 0 atom stereocenters. The predicted molar refractivity (Wildman–Crippen MR) is 140 cm³/mol. The van der Waals surface area contributed by atoms with E-state index in [1.807, 2.05) is 54.6 Å². The highest BCUT2D eigenvalue weighted by Gasteiger charge is 2.33. The van der Waals surface area contributed by atoms with Crippen LogP contribution in [0.15, 0.2) is 91.0 Å². The van der Waals surface area contributed by atoms with Gasteiger partial charge in [-0.05, 0) is 29.3 Å². The first-order valence-corrected chi connectivity index (χ1v) is 11.6. The third kappa shape index (κ3) is 2.62. The summed E-state index contributed by atoms with van der Waals surface area (Å²) < 4.78 is 0. The topological polar surface area (TPSA) is 89.3 Å². The Morgan fingerprint density at radius 3 is 1.94 bits per heavy atom. The zero-order chi connectivity index (χ0) is 24.6. The summed E-state index contributed by atoms with van der Waals surface area (Å²) in [6.07, 6.45) is 0. The molecular formula is C31H18N2O3. The molecule has 7 rings (SSSR count). The van der Waals surface area contributed by atoms with E-state index in [4.69, 9.17) is 5.73 Å². The maximum Gasteiger partial charge on any atom is 0.196 e. The van der Waals surface area contributed by atoms with Crippen molar-refractivity contribution in [2.45, 2.75) is 0 Å². The SMILES string of the molecule is Nc1cccc2c1C(=O)c1cccc(Nc3ccc4c5c(cccc35)C(=O)c3ccccc3-4)c1C2=O. The Balaban J connectivity index is 1.41. The molecule has 0 aromatic heterocycles. The van der Waals surface area contributed by atoms with Crippen molar-refractivity contribution in [1.29, 1.82) is 0 Å². The first kappa shape index (κ1) is 20.4. The molecule has 5 nitrogen and oxygen atoms in total. The summed E-state index contributed by atoms with van der Waals surface area (Å²) in [5.41, 5.74) is 12.1. The van der Waals surface area contributed by atoms with E-state index in [-0.39, 0.29) is 22.9 Å². The van der Waals surface area contributed by atoms with Gasteiger partial charge in [0.05, 0.1) is 16.8 Å². The predicted octanol–water partition coefficient (Wildman–Crippen LogP) is 6.15. The molecular weight excluding hydrogens is 448 g/mol. The molecule has 0 fully saturated rings. The fourth-order valence-electron chi connectivity index (χ4n) is 5.51. The highest BCUT2D eigenvalue weighted by molar-refractivity contribution is 6.32. The number of benzene rings is 5. The average molecular weight is 466 g/mol. The summed E-state index contributed by atoms with van der Waals surface area (Å²) in [6.45, 7) is 0. The molecule has 36 heavy (non-hydrogen) atoms. The third-order valence-electron chi connectivity index (χ3n) is 7.12. The molecule has 3 N–H and O–H groups in total. The van der Waals surface area contributed by atoms with Gasteiger partial charge in [0.1, 0.15) is 0 Å². The van der Waals surface area contributed by atoms with Crippen molar-refractivity contribution in [2.24, 2.45) is 0 Å². The minimum atomic E-state index is -0.263. The first-order valence-electron chi connectivity index (χ1n) is 11.6. The van der Waals surface area contributed by atoms with Gasteiger partial charge >= 0.3 is 0 Å². The number of nitrogens with two attached hydrogens (primary N) is 1. The van der Waals surface area contributed by atoms with E-state index in [9.17, 15) is 14.4 Å². The number of anilines is 3. The molecule has 5 aromatic rings. The molecule has 5 aromatic carbocycles. The molecule has 0 amide bonds. The van der Waals surface area contributed by atoms with Crippen LogP contribution < -0.4 is 11.1 Å². The van der Waals surface area contributed by atoms with E-state index >= 15 is 0 Å². The lowest BCUT2D eigenvalue weighted by Crippen LogP contribution is -2.23. The number of fused-ring (bicyclic) bond motifs is 4. The molecule has 2 aliphatic rings. The summed E-state index contributed by atoms with van der Waals surface area (Å²) in [4.78, 5) is 40.1. The van der Waals surface area contributed by atoms with E-state index in [1.54, 1.807) is 36.4 Å². The van der Waals surface area contributed by atoms with Crippen molar-refractivity contribution in [1.82, 2.24) is 0 Å². The molecule has 0 saturated heterocycles. The fourth-order valence-corrected chi connectivity index (χ4v) is 5.51. The van der Waals surface area contributed by atoms with Gasteiger partial charge in [0, 0.05) is 44.4 Å². The molecule has 0 radical (unpaired) electrons. The number of ketones is 3. The van der Waals surface area contributed by atoms with Gasteiger partial charge in [-0.2, -0.15) is 0 Å². The second-order valence-electron chi connectivity index (χ2n) is 9.04. The van der Waals surface area contributed by atoms with Gasteiger partial charge in [0.15, 0.2) is 17.3 Å². The number of nitrogen functional groups attached to an aromatic ring is 1. The Labute approximate surface area is 206 Å². The Kier molecular flexibility index (Phi) is 4.09. The van der Waals surface area contributed by atoms with Crippen LogP contribution in [0.4, 0.5) is 17.1 Å². The van der Waals surface area contributed by atoms with E-state index in [0.717, 1.165) is 27.6 Å². The zero-order valence-corrected chi connectivity index (χ0v) is 19.0. The van der Waals surface area contributed by atoms with E-state index < -0.39 is 0 Å². The zero-order valence-electron chi connectivity index (χ0n) is 19.0. The highest BCUT2D eigenvalue weighted by Crippen LogP contribution is 2.43. The van der Waals surface area contributed by atoms with Gasteiger partial charge in [-0.3, -0.25) is 14.4 Å². The molecule has 0 saturated carbocycles. The van der Waals surface area contributed by atoms with Crippen LogP contribution in [0.25, 0.3) is 21.9 Å². The molecule has 170 valence electrons. The van der Waals surface area contributed by atoms with Crippen molar-refractivity contribution < 1.29 is 14.4 Å². The van der Waals surface area contributed by atoms with Crippen LogP contribution in [0, 0.1) is 0 Å². The van der Waals surface area contributed by atoms with Crippen molar-refractivity contribution in [3.63, 3.8) is 0 Å². The minimum absolute atomic E-state index is 0.00656. The second-order valence-corrected chi connectivity index (χ2v) is 9.04. The van der Waals surface area contributed by atoms with Crippen molar-refractivity contribution in [3.8, 4) is 11.1 Å². The van der Waals surface area contributed by atoms with Gasteiger partial charge in [-0.25, -0.2) is 0 Å². The minimum Gasteiger partial charge on any atom is -0.398 e.